The molecule has 4 heteroatoms. The molecular formula is C11H21N3O. The maximum absolute atomic E-state index is 11.7. The lowest BCUT2D eigenvalue weighted by Gasteiger charge is -2.05. The molecule has 0 aromatic carbocycles. The fraction of sp³-hybridized carbons (Fsp3) is 0.727. The van der Waals surface area contributed by atoms with Crippen LogP contribution in [0.25, 0.3) is 0 Å². The Balaban J connectivity index is 2.91. The molecule has 1 heterocycles. The molecule has 0 atom stereocenters. The van der Waals surface area contributed by atoms with Crippen molar-refractivity contribution in [2.75, 3.05) is 5.73 Å². The molecule has 0 aliphatic carbocycles. The number of nitrogen functional groups attached to an aromatic ring is 1. The van der Waals surface area contributed by atoms with Crippen LogP contribution in [0.1, 0.15) is 45.7 Å². The maximum Gasteiger partial charge on any atom is 0.289 e. The molecule has 0 amide bonds. The Morgan fingerprint density at radius 3 is 2.33 bits per heavy atom. The van der Waals surface area contributed by atoms with Crippen LogP contribution in [0.15, 0.2) is 4.79 Å². The molecule has 0 saturated carbocycles. The van der Waals surface area contributed by atoms with Crippen LogP contribution in [0.2, 0.25) is 0 Å². The highest BCUT2D eigenvalue weighted by Crippen LogP contribution is 2.15. The van der Waals surface area contributed by atoms with E-state index in [2.05, 4.69) is 18.9 Å². The average Bonchev–Trinajstić information content (AvgIpc) is 2.41. The van der Waals surface area contributed by atoms with Crippen LogP contribution in [0, 0.1) is 5.92 Å². The normalized spacial score (nSPS) is 11.6. The molecule has 3 N–H and O–H groups in total. The molecule has 0 spiro atoms. The number of aromatic amines is 1. The van der Waals surface area contributed by atoms with Gasteiger partial charge in [-0.15, -0.1) is 0 Å². The minimum atomic E-state index is -0.0839. The number of nitrogens with zero attached hydrogens (tertiary/aromatic N) is 1. The summed E-state index contributed by atoms with van der Waals surface area (Å²) in [7, 11) is 0. The summed E-state index contributed by atoms with van der Waals surface area (Å²) in [6.07, 6.45) is 0.984. The number of hydrogen-bond acceptors (Lipinski definition) is 2. The van der Waals surface area contributed by atoms with Gasteiger partial charge in [0.25, 0.3) is 5.56 Å². The van der Waals surface area contributed by atoms with Crippen molar-refractivity contribution in [1.29, 1.82) is 0 Å². The molecule has 86 valence electrons. The van der Waals surface area contributed by atoms with Gasteiger partial charge in [-0.1, -0.05) is 27.7 Å². The topological polar surface area (TPSA) is 63.8 Å². The summed E-state index contributed by atoms with van der Waals surface area (Å²) in [5.41, 5.74) is 6.88. The van der Waals surface area contributed by atoms with Gasteiger partial charge in [-0.2, -0.15) is 0 Å². The zero-order valence-corrected chi connectivity index (χ0v) is 10.0. The second kappa shape index (κ2) is 4.55. The molecule has 1 rings (SSSR count). The standard InChI is InChI=1S/C11H21N3O/c1-7(2)5-6-14-11(15)9(12)10(13-14)8(3)4/h7-8,13H,5-6,12H2,1-4H3. The SMILES string of the molecule is CC(C)CCn1[nH]c(C(C)C)c(N)c1=O. The van der Waals surface area contributed by atoms with Gasteiger partial charge in [-0.3, -0.25) is 14.6 Å². The zero-order valence-electron chi connectivity index (χ0n) is 10.0. The maximum atomic E-state index is 11.7. The number of rotatable bonds is 4. The van der Waals surface area contributed by atoms with E-state index in [0.717, 1.165) is 12.1 Å². The first-order chi connectivity index (χ1) is 6.93. The van der Waals surface area contributed by atoms with Crippen molar-refractivity contribution >= 4 is 5.69 Å². The van der Waals surface area contributed by atoms with Gasteiger partial charge in [0.2, 0.25) is 0 Å². The van der Waals surface area contributed by atoms with E-state index in [1.807, 2.05) is 13.8 Å². The number of aryl methyl sites for hydroxylation is 1. The summed E-state index contributed by atoms with van der Waals surface area (Å²) in [5, 5.41) is 3.08. The molecule has 1 aromatic rings. The molecule has 0 unspecified atom stereocenters. The number of aromatic nitrogens is 2. The third-order valence-electron chi connectivity index (χ3n) is 2.53. The molecule has 0 fully saturated rings. The van der Waals surface area contributed by atoms with Crippen LogP contribution in [0.3, 0.4) is 0 Å². The minimum absolute atomic E-state index is 0.0839. The van der Waals surface area contributed by atoms with Crippen molar-refractivity contribution in [2.45, 2.75) is 46.6 Å². The van der Waals surface area contributed by atoms with Crippen LogP contribution >= 0.6 is 0 Å². The van der Waals surface area contributed by atoms with Gasteiger partial charge in [0, 0.05) is 6.54 Å². The van der Waals surface area contributed by atoms with E-state index in [4.69, 9.17) is 5.73 Å². The van der Waals surface area contributed by atoms with Crippen molar-refractivity contribution in [1.82, 2.24) is 9.78 Å². The lowest BCUT2D eigenvalue weighted by molar-refractivity contribution is 0.475. The third-order valence-corrected chi connectivity index (χ3v) is 2.53. The number of nitrogens with two attached hydrogens (primary N) is 1. The fourth-order valence-corrected chi connectivity index (χ4v) is 1.50. The molecular weight excluding hydrogens is 190 g/mol. The Kier molecular flexibility index (Phi) is 3.61. The first-order valence-corrected chi connectivity index (χ1v) is 5.51. The van der Waals surface area contributed by atoms with Crippen LogP contribution in [0.4, 0.5) is 5.69 Å². The van der Waals surface area contributed by atoms with E-state index in [1.165, 1.54) is 0 Å². The van der Waals surface area contributed by atoms with Crippen LogP contribution in [0.5, 0.6) is 0 Å². The molecule has 0 bridgehead atoms. The van der Waals surface area contributed by atoms with E-state index >= 15 is 0 Å². The quantitative estimate of drug-likeness (QED) is 0.799. The Morgan fingerprint density at radius 2 is 1.93 bits per heavy atom. The summed E-state index contributed by atoms with van der Waals surface area (Å²) in [6.45, 7) is 9.04. The Labute approximate surface area is 90.5 Å². The lowest BCUT2D eigenvalue weighted by atomic mass is 10.1. The van der Waals surface area contributed by atoms with Gasteiger partial charge in [0.15, 0.2) is 0 Å². The van der Waals surface area contributed by atoms with Gasteiger partial charge < -0.3 is 5.73 Å². The van der Waals surface area contributed by atoms with Gasteiger partial charge in [0.1, 0.15) is 5.69 Å². The first-order valence-electron chi connectivity index (χ1n) is 5.51. The second-order valence-corrected chi connectivity index (χ2v) is 4.73. The van der Waals surface area contributed by atoms with Gasteiger partial charge in [-0.05, 0) is 18.3 Å². The van der Waals surface area contributed by atoms with Crippen LogP contribution in [-0.4, -0.2) is 9.78 Å². The Hall–Kier alpha value is -1.19. The number of hydrogen-bond donors (Lipinski definition) is 2. The predicted molar refractivity (Wildman–Crippen MR) is 63.0 cm³/mol. The summed E-state index contributed by atoms with van der Waals surface area (Å²) < 4.78 is 1.62. The monoisotopic (exact) mass is 211 g/mol. The number of anilines is 1. The molecule has 0 radical (unpaired) electrons. The molecule has 0 aliphatic heterocycles. The fourth-order valence-electron chi connectivity index (χ4n) is 1.50. The summed E-state index contributed by atoms with van der Waals surface area (Å²) in [5.74, 6) is 0.849. The van der Waals surface area contributed by atoms with E-state index in [-0.39, 0.29) is 11.5 Å². The van der Waals surface area contributed by atoms with E-state index in [9.17, 15) is 4.79 Å². The van der Waals surface area contributed by atoms with Crippen molar-refractivity contribution in [3.05, 3.63) is 16.0 Å². The summed E-state index contributed by atoms with van der Waals surface area (Å²) in [6, 6.07) is 0. The van der Waals surface area contributed by atoms with Crippen molar-refractivity contribution in [3.8, 4) is 0 Å². The first kappa shape index (κ1) is 11.9. The molecule has 15 heavy (non-hydrogen) atoms. The van der Waals surface area contributed by atoms with Crippen LogP contribution in [-0.2, 0) is 6.54 Å². The van der Waals surface area contributed by atoms with Gasteiger partial charge in [0.05, 0.1) is 5.69 Å². The average molecular weight is 211 g/mol. The van der Waals surface area contributed by atoms with E-state index in [1.54, 1.807) is 4.68 Å². The highest BCUT2D eigenvalue weighted by molar-refractivity contribution is 5.42. The van der Waals surface area contributed by atoms with E-state index < -0.39 is 0 Å². The molecule has 0 saturated heterocycles. The highest BCUT2D eigenvalue weighted by Gasteiger charge is 2.13. The Bertz CT molecular complexity index is 374. The second-order valence-electron chi connectivity index (χ2n) is 4.73. The van der Waals surface area contributed by atoms with Crippen molar-refractivity contribution < 1.29 is 0 Å². The Morgan fingerprint density at radius 1 is 1.33 bits per heavy atom. The summed E-state index contributed by atoms with van der Waals surface area (Å²) in [4.78, 5) is 11.7. The largest absolute Gasteiger partial charge is 0.393 e. The smallest absolute Gasteiger partial charge is 0.289 e. The minimum Gasteiger partial charge on any atom is -0.393 e. The van der Waals surface area contributed by atoms with Crippen molar-refractivity contribution in [3.63, 3.8) is 0 Å². The van der Waals surface area contributed by atoms with Crippen molar-refractivity contribution in [2.24, 2.45) is 5.92 Å². The number of nitrogens with one attached hydrogen (secondary N) is 1. The molecule has 0 aliphatic rings. The van der Waals surface area contributed by atoms with Gasteiger partial charge >= 0.3 is 0 Å². The molecule has 4 nitrogen and oxygen atoms in total. The lowest BCUT2D eigenvalue weighted by Crippen LogP contribution is -2.19. The third kappa shape index (κ3) is 2.64. The zero-order chi connectivity index (χ0) is 11.6. The summed E-state index contributed by atoms with van der Waals surface area (Å²) >= 11 is 0. The van der Waals surface area contributed by atoms with Crippen LogP contribution < -0.4 is 11.3 Å². The predicted octanol–water partition coefficient (Wildman–Crippen LogP) is 1.93. The molecule has 1 aromatic heterocycles. The van der Waals surface area contributed by atoms with E-state index in [0.29, 0.717) is 18.2 Å². The highest BCUT2D eigenvalue weighted by atomic mass is 16.1. The van der Waals surface area contributed by atoms with Gasteiger partial charge in [-0.25, -0.2) is 0 Å². The number of H-pyrrole nitrogens is 1.